The highest BCUT2D eigenvalue weighted by atomic mass is 35.5. The number of nitrogens with one attached hydrogen (secondary N) is 1. The van der Waals surface area contributed by atoms with Gasteiger partial charge in [-0.1, -0.05) is 17.7 Å². The van der Waals surface area contributed by atoms with E-state index in [2.05, 4.69) is 10.3 Å². The molecule has 0 aliphatic rings. The van der Waals surface area contributed by atoms with Crippen molar-refractivity contribution in [2.45, 2.75) is 11.8 Å². The Labute approximate surface area is 127 Å². The van der Waals surface area contributed by atoms with Gasteiger partial charge in [0, 0.05) is 16.9 Å². The van der Waals surface area contributed by atoms with Gasteiger partial charge in [-0.05, 0) is 37.3 Å². The third-order valence-electron chi connectivity index (χ3n) is 2.60. The van der Waals surface area contributed by atoms with Crippen LogP contribution in [0.3, 0.4) is 0 Å². The maximum Gasteiger partial charge on any atom is 0.255 e. The minimum absolute atomic E-state index is 0.0794. The summed E-state index contributed by atoms with van der Waals surface area (Å²) in [6.07, 6.45) is 0. The Bertz CT molecular complexity index is 786. The number of halogens is 1. The van der Waals surface area contributed by atoms with Gasteiger partial charge in [0.05, 0.1) is 4.90 Å². The monoisotopic (exact) mass is 325 g/mol. The Morgan fingerprint density at radius 1 is 1.29 bits per heavy atom. The molecule has 0 atom stereocenters. The van der Waals surface area contributed by atoms with Gasteiger partial charge in [0.25, 0.3) is 5.91 Å². The number of rotatable bonds is 3. The van der Waals surface area contributed by atoms with Gasteiger partial charge in [0.2, 0.25) is 10.0 Å². The number of carbonyl (C=O) groups is 1. The standard InChI is InChI=1S/C13H12ClN3O3S/c1-8-5-9(6-12(14)16-8)13(18)17-10-3-2-4-11(7-10)21(15,19)20/h2-7H,1H3,(H,17,18)(H2,15,19,20). The van der Waals surface area contributed by atoms with Crippen LogP contribution in [0.2, 0.25) is 5.15 Å². The van der Waals surface area contributed by atoms with Gasteiger partial charge in [-0.25, -0.2) is 18.5 Å². The number of primary sulfonamides is 1. The van der Waals surface area contributed by atoms with Gasteiger partial charge in [-0.2, -0.15) is 0 Å². The maximum atomic E-state index is 12.1. The molecular weight excluding hydrogens is 314 g/mol. The zero-order valence-corrected chi connectivity index (χ0v) is 12.6. The first-order valence-corrected chi connectivity index (χ1v) is 7.76. The van der Waals surface area contributed by atoms with Gasteiger partial charge in [-0.3, -0.25) is 4.79 Å². The lowest BCUT2D eigenvalue weighted by atomic mass is 10.2. The molecule has 1 amide bonds. The molecule has 0 spiro atoms. The van der Waals surface area contributed by atoms with Crippen LogP contribution in [0, 0.1) is 6.92 Å². The number of amides is 1. The molecule has 6 nitrogen and oxygen atoms in total. The molecular formula is C13H12ClN3O3S. The quantitative estimate of drug-likeness (QED) is 0.842. The molecule has 0 saturated carbocycles. The van der Waals surface area contributed by atoms with E-state index >= 15 is 0 Å². The minimum Gasteiger partial charge on any atom is -0.322 e. The van der Waals surface area contributed by atoms with Crippen LogP contribution in [-0.4, -0.2) is 19.3 Å². The fraction of sp³-hybridized carbons (Fsp3) is 0.0769. The number of aromatic nitrogens is 1. The van der Waals surface area contributed by atoms with E-state index in [-0.39, 0.29) is 10.0 Å². The number of benzene rings is 1. The van der Waals surface area contributed by atoms with Crippen molar-refractivity contribution in [1.82, 2.24) is 4.98 Å². The molecule has 110 valence electrons. The van der Waals surface area contributed by atoms with Crippen LogP contribution in [0.1, 0.15) is 16.1 Å². The van der Waals surface area contributed by atoms with Crippen molar-refractivity contribution in [1.29, 1.82) is 0 Å². The normalized spacial score (nSPS) is 11.2. The third kappa shape index (κ3) is 4.01. The first kappa shape index (κ1) is 15.4. The largest absolute Gasteiger partial charge is 0.322 e. The number of nitrogens with zero attached hydrogens (tertiary/aromatic N) is 1. The Hall–Kier alpha value is -1.96. The van der Waals surface area contributed by atoms with E-state index in [1.165, 1.54) is 24.3 Å². The summed E-state index contributed by atoms with van der Waals surface area (Å²) in [4.78, 5) is 16.0. The predicted molar refractivity (Wildman–Crippen MR) is 79.8 cm³/mol. The van der Waals surface area contributed by atoms with Crippen LogP contribution in [0.15, 0.2) is 41.3 Å². The van der Waals surface area contributed by atoms with E-state index in [1.807, 2.05) is 0 Å². The van der Waals surface area contributed by atoms with Gasteiger partial charge in [-0.15, -0.1) is 0 Å². The minimum atomic E-state index is -3.82. The summed E-state index contributed by atoms with van der Waals surface area (Å²) in [6, 6.07) is 8.67. The summed E-state index contributed by atoms with van der Waals surface area (Å²) in [5, 5.41) is 7.83. The molecule has 8 heteroatoms. The highest BCUT2D eigenvalue weighted by Gasteiger charge is 2.11. The molecule has 1 heterocycles. The van der Waals surface area contributed by atoms with Crippen molar-refractivity contribution < 1.29 is 13.2 Å². The maximum absolute atomic E-state index is 12.1. The smallest absolute Gasteiger partial charge is 0.255 e. The fourth-order valence-corrected chi connectivity index (χ4v) is 2.52. The topological polar surface area (TPSA) is 102 Å². The lowest BCUT2D eigenvalue weighted by molar-refractivity contribution is 0.102. The first-order chi connectivity index (χ1) is 9.75. The van der Waals surface area contributed by atoms with E-state index in [0.717, 1.165) is 0 Å². The Kier molecular flexibility index (Phi) is 4.26. The zero-order chi connectivity index (χ0) is 15.6. The predicted octanol–water partition coefficient (Wildman–Crippen LogP) is 1.94. The molecule has 1 aromatic heterocycles. The molecule has 0 aliphatic heterocycles. The van der Waals surface area contributed by atoms with Crippen LogP contribution < -0.4 is 10.5 Å². The van der Waals surface area contributed by atoms with Crippen LogP contribution in [0.4, 0.5) is 5.69 Å². The van der Waals surface area contributed by atoms with Crippen molar-refractivity contribution in [2.24, 2.45) is 5.14 Å². The SMILES string of the molecule is Cc1cc(C(=O)Nc2cccc(S(N)(=O)=O)c2)cc(Cl)n1. The number of hydrogen-bond acceptors (Lipinski definition) is 4. The fourth-order valence-electron chi connectivity index (χ4n) is 1.71. The van der Waals surface area contributed by atoms with Gasteiger partial charge < -0.3 is 5.32 Å². The van der Waals surface area contributed by atoms with E-state index < -0.39 is 15.9 Å². The number of sulfonamides is 1. The number of nitrogens with two attached hydrogens (primary N) is 1. The summed E-state index contributed by atoms with van der Waals surface area (Å²) in [7, 11) is -3.82. The molecule has 0 aliphatic carbocycles. The molecule has 0 bridgehead atoms. The highest BCUT2D eigenvalue weighted by molar-refractivity contribution is 7.89. The van der Waals surface area contributed by atoms with E-state index in [1.54, 1.807) is 19.1 Å². The van der Waals surface area contributed by atoms with Crippen LogP contribution >= 0.6 is 11.6 Å². The Balaban J connectivity index is 2.28. The molecule has 1 aromatic carbocycles. The summed E-state index contributed by atoms with van der Waals surface area (Å²) in [5.74, 6) is -0.422. The lowest BCUT2D eigenvalue weighted by Crippen LogP contribution is -2.15. The van der Waals surface area contributed by atoms with E-state index in [0.29, 0.717) is 16.9 Å². The first-order valence-electron chi connectivity index (χ1n) is 5.84. The third-order valence-corrected chi connectivity index (χ3v) is 3.71. The van der Waals surface area contributed by atoms with Crippen molar-refractivity contribution in [3.63, 3.8) is 0 Å². The lowest BCUT2D eigenvalue weighted by Gasteiger charge is -2.07. The summed E-state index contributed by atoms with van der Waals surface area (Å²) < 4.78 is 22.5. The van der Waals surface area contributed by atoms with Crippen molar-refractivity contribution in [3.05, 3.63) is 52.8 Å². The van der Waals surface area contributed by atoms with Crippen molar-refractivity contribution in [3.8, 4) is 0 Å². The van der Waals surface area contributed by atoms with Crippen LogP contribution in [0.5, 0.6) is 0 Å². The molecule has 0 fully saturated rings. The molecule has 21 heavy (non-hydrogen) atoms. The van der Waals surface area contributed by atoms with Crippen LogP contribution in [0.25, 0.3) is 0 Å². The second kappa shape index (κ2) is 5.80. The average molecular weight is 326 g/mol. The van der Waals surface area contributed by atoms with Gasteiger partial charge >= 0.3 is 0 Å². The number of aryl methyl sites for hydroxylation is 1. The number of carbonyl (C=O) groups excluding carboxylic acids is 1. The van der Waals surface area contributed by atoms with Crippen molar-refractivity contribution >= 4 is 33.2 Å². The van der Waals surface area contributed by atoms with E-state index in [4.69, 9.17) is 16.7 Å². The molecule has 0 unspecified atom stereocenters. The number of pyridine rings is 1. The highest BCUT2D eigenvalue weighted by Crippen LogP contribution is 2.16. The molecule has 2 aromatic rings. The van der Waals surface area contributed by atoms with Gasteiger partial charge in [0.15, 0.2) is 0 Å². The average Bonchev–Trinajstić information content (AvgIpc) is 2.37. The Morgan fingerprint density at radius 3 is 2.62 bits per heavy atom. The number of hydrogen-bond donors (Lipinski definition) is 2. The van der Waals surface area contributed by atoms with Crippen molar-refractivity contribution in [2.75, 3.05) is 5.32 Å². The van der Waals surface area contributed by atoms with Crippen LogP contribution in [-0.2, 0) is 10.0 Å². The zero-order valence-electron chi connectivity index (χ0n) is 11.0. The second-order valence-corrected chi connectivity index (χ2v) is 6.30. The molecule has 3 N–H and O–H groups in total. The summed E-state index contributed by atoms with van der Waals surface area (Å²) in [5.41, 5.74) is 1.25. The molecule has 0 saturated heterocycles. The number of anilines is 1. The Morgan fingerprint density at radius 2 is 2.00 bits per heavy atom. The summed E-state index contributed by atoms with van der Waals surface area (Å²) >= 11 is 5.80. The second-order valence-electron chi connectivity index (χ2n) is 4.35. The summed E-state index contributed by atoms with van der Waals surface area (Å²) in [6.45, 7) is 1.71. The van der Waals surface area contributed by atoms with Gasteiger partial charge in [0.1, 0.15) is 5.15 Å². The molecule has 2 rings (SSSR count). The van der Waals surface area contributed by atoms with E-state index in [9.17, 15) is 13.2 Å². The molecule has 0 radical (unpaired) electrons.